The molecule has 86 valence electrons. The number of fused-ring (bicyclic) bond motifs is 2. The summed E-state index contributed by atoms with van der Waals surface area (Å²) in [6.45, 7) is 1.27. The summed E-state index contributed by atoms with van der Waals surface area (Å²) < 4.78 is 0. The smallest absolute Gasteiger partial charge is 0.0263 e. The van der Waals surface area contributed by atoms with Crippen molar-refractivity contribution in [3.05, 3.63) is 0 Å². The Labute approximate surface area is 102 Å². The standard InChI is InChI=1S/C12H21NS2/c1-2-10-5-9(1)6-12(10)13-7-11-8-14-3-4-15-11/h9-13H,1-8H2. The van der Waals surface area contributed by atoms with Crippen LogP contribution in [-0.2, 0) is 0 Å². The van der Waals surface area contributed by atoms with Crippen LogP contribution in [0.15, 0.2) is 0 Å². The van der Waals surface area contributed by atoms with Gasteiger partial charge in [-0.15, -0.1) is 0 Å². The van der Waals surface area contributed by atoms with Gasteiger partial charge < -0.3 is 5.32 Å². The van der Waals surface area contributed by atoms with Gasteiger partial charge in [0, 0.05) is 35.1 Å². The Morgan fingerprint density at radius 2 is 2.13 bits per heavy atom. The minimum atomic E-state index is 0.885. The van der Waals surface area contributed by atoms with E-state index in [1.807, 2.05) is 0 Å². The molecule has 3 heteroatoms. The number of rotatable bonds is 3. The third-order valence-corrected chi connectivity index (χ3v) is 7.08. The molecule has 0 aromatic heterocycles. The number of hydrogen-bond acceptors (Lipinski definition) is 3. The average molecular weight is 243 g/mol. The third-order valence-electron chi connectivity index (χ3n) is 4.23. The number of hydrogen-bond donors (Lipinski definition) is 1. The maximum absolute atomic E-state index is 3.85. The maximum atomic E-state index is 3.85. The normalized spacial score (nSPS) is 44.8. The van der Waals surface area contributed by atoms with Gasteiger partial charge in [-0.05, 0) is 31.1 Å². The van der Waals surface area contributed by atoms with Gasteiger partial charge in [0.05, 0.1) is 0 Å². The minimum Gasteiger partial charge on any atom is -0.313 e. The molecule has 1 N–H and O–H groups in total. The van der Waals surface area contributed by atoms with E-state index in [4.69, 9.17) is 0 Å². The van der Waals surface area contributed by atoms with Crippen molar-refractivity contribution in [1.82, 2.24) is 5.32 Å². The molecule has 1 heterocycles. The van der Waals surface area contributed by atoms with Crippen molar-refractivity contribution in [2.75, 3.05) is 23.8 Å². The summed E-state index contributed by atoms with van der Waals surface area (Å²) in [6, 6.07) is 0.885. The molecule has 3 fully saturated rings. The topological polar surface area (TPSA) is 12.0 Å². The van der Waals surface area contributed by atoms with Crippen molar-refractivity contribution in [1.29, 1.82) is 0 Å². The lowest BCUT2D eigenvalue weighted by Gasteiger charge is -2.27. The predicted molar refractivity (Wildman–Crippen MR) is 70.8 cm³/mol. The molecule has 0 aromatic carbocycles. The van der Waals surface area contributed by atoms with Gasteiger partial charge >= 0.3 is 0 Å². The lowest BCUT2D eigenvalue weighted by atomic mass is 9.95. The van der Waals surface area contributed by atoms with Crippen molar-refractivity contribution < 1.29 is 0 Å². The largest absolute Gasteiger partial charge is 0.313 e. The second kappa shape index (κ2) is 4.89. The van der Waals surface area contributed by atoms with E-state index in [-0.39, 0.29) is 0 Å². The maximum Gasteiger partial charge on any atom is 0.0263 e. The molecule has 3 aliphatic rings. The summed E-state index contributed by atoms with van der Waals surface area (Å²) in [6.07, 6.45) is 6.05. The van der Waals surface area contributed by atoms with Crippen LogP contribution in [0.5, 0.6) is 0 Å². The highest BCUT2D eigenvalue weighted by molar-refractivity contribution is 8.06. The van der Waals surface area contributed by atoms with Gasteiger partial charge in [-0.2, -0.15) is 23.5 Å². The van der Waals surface area contributed by atoms with Crippen molar-refractivity contribution >= 4 is 23.5 Å². The van der Waals surface area contributed by atoms with Gasteiger partial charge in [0.2, 0.25) is 0 Å². The minimum absolute atomic E-state index is 0.885. The van der Waals surface area contributed by atoms with Crippen LogP contribution in [0.2, 0.25) is 0 Å². The Bertz CT molecular complexity index is 216. The van der Waals surface area contributed by atoms with Crippen molar-refractivity contribution in [2.45, 2.75) is 37.0 Å². The highest BCUT2D eigenvalue weighted by Gasteiger charge is 2.39. The first-order valence-electron chi connectivity index (χ1n) is 6.34. The molecule has 3 rings (SSSR count). The van der Waals surface area contributed by atoms with E-state index >= 15 is 0 Å². The first-order valence-corrected chi connectivity index (χ1v) is 8.55. The molecule has 0 radical (unpaired) electrons. The van der Waals surface area contributed by atoms with Crippen LogP contribution >= 0.6 is 23.5 Å². The zero-order valence-electron chi connectivity index (χ0n) is 9.28. The van der Waals surface area contributed by atoms with Crippen LogP contribution < -0.4 is 5.32 Å². The SMILES string of the molecule is C1CSC(CNC2CC3CCC2C3)CS1. The van der Waals surface area contributed by atoms with Gasteiger partial charge in [0.25, 0.3) is 0 Å². The molecule has 0 spiro atoms. The van der Waals surface area contributed by atoms with E-state index in [0.717, 1.165) is 23.1 Å². The second-order valence-corrected chi connectivity index (χ2v) is 7.82. The molecule has 1 nitrogen and oxygen atoms in total. The van der Waals surface area contributed by atoms with Gasteiger partial charge in [-0.3, -0.25) is 0 Å². The first kappa shape index (κ1) is 10.8. The Kier molecular flexibility index (Phi) is 3.52. The zero-order valence-corrected chi connectivity index (χ0v) is 10.9. The average Bonchev–Trinajstić information content (AvgIpc) is 2.89. The molecule has 0 aromatic rings. The molecule has 2 bridgehead atoms. The number of nitrogens with one attached hydrogen (secondary N) is 1. The Hall–Kier alpha value is 0.660. The van der Waals surface area contributed by atoms with E-state index in [0.29, 0.717) is 0 Å². The Morgan fingerprint density at radius 1 is 1.13 bits per heavy atom. The molecule has 1 aliphatic heterocycles. The molecule has 1 saturated heterocycles. The van der Waals surface area contributed by atoms with Gasteiger partial charge in [0.1, 0.15) is 0 Å². The van der Waals surface area contributed by atoms with E-state index in [1.165, 1.54) is 49.5 Å². The van der Waals surface area contributed by atoms with Crippen molar-refractivity contribution in [3.63, 3.8) is 0 Å². The van der Waals surface area contributed by atoms with Crippen LogP contribution in [0.1, 0.15) is 25.7 Å². The summed E-state index contributed by atoms with van der Waals surface area (Å²) >= 11 is 4.32. The van der Waals surface area contributed by atoms with E-state index < -0.39 is 0 Å². The second-order valence-electron chi connectivity index (χ2n) is 5.26. The van der Waals surface area contributed by atoms with Crippen LogP contribution in [0, 0.1) is 11.8 Å². The quantitative estimate of drug-likeness (QED) is 0.818. The van der Waals surface area contributed by atoms with E-state index in [2.05, 4.69) is 28.8 Å². The predicted octanol–water partition coefficient (Wildman–Crippen LogP) is 2.61. The van der Waals surface area contributed by atoms with Gasteiger partial charge in [0.15, 0.2) is 0 Å². The Balaban J connectivity index is 1.42. The fourth-order valence-corrected chi connectivity index (χ4v) is 6.06. The first-order chi connectivity index (χ1) is 7.42. The molecule has 4 atom stereocenters. The molecular weight excluding hydrogens is 222 g/mol. The molecular formula is C12H21NS2. The Morgan fingerprint density at radius 3 is 2.80 bits per heavy atom. The van der Waals surface area contributed by atoms with Gasteiger partial charge in [-0.25, -0.2) is 0 Å². The van der Waals surface area contributed by atoms with Crippen molar-refractivity contribution in [3.8, 4) is 0 Å². The summed E-state index contributed by atoms with van der Waals surface area (Å²) in [7, 11) is 0. The highest BCUT2D eigenvalue weighted by atomic mass is 32.2. The summed E-state index contributed by atoms with van der Waals surface area (Å²) in [4.78, 5) is 0. The molecule has 15 heavy (non-hydrogen) atoms. The lowest BCUT2D eigenvalue weighted by Crippen LogP contribution is -2.39. The van der Waals surface area contributed by atoms with Gasteiger partial charge in [-0.1, -0.05) is 6.42 Å². The van der Waals surface area contributed by atoms with Crippen LogP contribution in [0.3, 0.4) is 0 Å². The highest BCUT2D eigenvalue weighted by Crippen LogP contribution is 2.44. The zero-order chi connectivity index (χ0) is 10.1. The molecule has 2 saturated carbocycles. The summed E-state index contributed by atoms with van der Waals surface area (Å²) in [5.74, 6) is 6.23. The van der Waals surface area contributed by atoms with Crippen molar-refractivity contribution in [2.24, 2.45) is 11.8 Å². The summed E-state index contributed by atoms with van der Waals surface area (Å²) in [5.41, 5.74) is 0. The fourth-order valence-electron chi connectivity index (χ4n) is 3.43. The molecule has 0 amide bonds. The van der Waals surface area contributed by atoms with Crippen LogP contribution in [-0.4, -0.2) is 35.1 Å². The lowest BCUT2D eigenvalue weighted by molar-refractivity contribution is 0.354. The third kappa shape index (κ3) is 2.50. The monoisotopic (exact) mass is 243 g/mol. The van der Waals surface area contributed by atoms with Crippen LogP contribution in [0.25, 0.3) is 0 Å². The molecule has 4 unspecified atom stereocenters. The summed E-state index contributed by atoms with van der Waals surface area (Å²) in [5, 5.41) is 4.74. The van der Waals surface area contributed by atoms with Crippen LogP contribution in [0.4, 0.5) is 0 Å². The van der Waals surface area contributed by atoms with E-state index in [1.54, 1.807) is 0 Å². The van der Waals surface area contributed by atoms with E-state index in [9.17, 15) is 0 Å². The molecule has 2 aliphatic carbocycles. The number of thioether (sulfide) groups is 2. The fraction of sp³-hybridized carbons (Fsp3) is 1.00.